The second-order valence-corrected chi connectivity index (χ2v) is 3.96. The van der Waals surface area contributed by atoms with Crippen LogP contribution in [0.1, 0.15) is 17.8 Å². The molecule has 0 bridgehead atoms. The Hall–Kier alpha value is -0.420. The molecular weight excluding hydrogens is 186 g/mol. The van der Waals surface area contributed by atoms with Crippen molar-refractivity contribution in [2.75, 3.05) is 13.2 Å². The third-order valence-electron chi connectivity index (χ3n) is 1.84. The van der Waals surface area contributed by atoms with Crippen molar-refractivity contribution in [3.05, 3.63) is 22.4 Å². The summed E-state index contributed by atoms with van der Waals surface area (Å²) >= 11 is 1.68. The summed E-state index contributed by atoms with van der Waals surface area (Å²) in [4.78, 5) is 1.24. The zero-order valence-electron chi connectivity index (χ0n) is 7.60. The first-order valence-electron chi connectivity index (χ1n) is 4.29. The fourth-order valence-electron chi connectivity index (χ4n) is 1.02. The van der Waals surface area contributed by atoms with E-state index in [1.165, 1.54) is 4.88 Å². The minimum absolute atomic E-state index is 0.190. The monoisotopic (exact) mass is 201 g/mol. The first-order valence-corrected chi connectivity index (χ1v) is 5.17. The van der Waals surface area contributed by atoms with Crippen molar-refractivity contribution in [3.8, 4) is 0 Å². The van der Waals surface area contributed by atoms with Crippen LogP contribution in [0.2, 0.25) is 0 Å². The standard InChI is InChI=1S/C9H15NO2S/c1-7(9-3-2-4-13-9)10-5-8(12)6-11/h2-4,7-8,10-12H,5-6H2,1H3/t7?,8-/m0/s1. The van der Waals surface area contributed by atoms with Crippen LogP contribution in [0, 0.1) is 0 Å². The van der Waals surface area contributed by atoms with E-state index in [0.29, 0.717) is 6.54 Å². The molecule has 0 aliphatic heterocycles. The van der Waals surface area contributed by atoms with E-state index in [4.69, 9.17) is 10.2 Å². The fourth-order valence-corrected chi connectivity index (χ4v) is 1.77. The summed E-state index contributed by atoms with van der Waals surface area (Å²) in [5, 5.41) is 22.8. The van der Waals surface area contributed by atoms with Gasteiger partial charge in [-0.05, 0) is 18.4 Å². The van der Waals surface area contributed by atoms with Crippen molar-refractivity contribution < 1.29 is 10.2 Å². The molecule has 3 N–H and O–H groups in total. The molecule has 2 atom stereocenters. The molecule has 0 aliphatic rings. The Morgan fingerprint density at radius 3 is 2.92 bits per heavy atom. The van der Waals surface area contributed by atoms with Gasteiger partial charge in [-0.3, -0.25) is 0 Å². The van der Waals surface area contributed by atoms with Crippen LogP contribution in [-0.2, 0) is 0 Å². The van der Waals surface area contributed by atoms with Gasteiger partial charge in [-0.15, -0.1) is 11.3 Å². The summed E-state index contributed by atoms with van der Waals surface area (Å²) in [6, 6.07) is 4.29. The van der Waals surface area contributed by atoms with E-state index in [-0.39, 0.29) is 12.6 Å². The fraction of sp³-hybridized carbons (Fsp3) is 0.556. The van der Waals surface area contributed by atoms with Crippen molar-refractivity contribution in [2.45, 2.75) is 19.1 Å². The quantitative estimate of drug-likeness (QED) is 0.659. The second kappa shape index (κ2) is 5.34. The topological polar surface area (TPSA) is 52.5 Å². The number of aliphatic hydroxyl groups is 2. The Morgan fingerprint density at radius 1 is 1.62 bits per heavy atom. The van der Waals surface area contributed by atoms with E-state index in [0.717, 1.165) is 0 Å². The van der Waals surface area contributed by atoms with Crippen LogP contribution in [0.25, 0.3) is 0 Å². The predicted molar refractivity (Wildman–Crippen MR) is 53.8 cm³/mol. The summed E-state index contributed by atoms with van der Waals surface area (Å²) in [7, 11) is 0. The first kappa shape index (κ1) is 10.7. The lowest BCUT2D eigenvalue weighted by molar-refractivity contribution is 0.0925. The van der Waals surface area contributed by atoms with Gasteiger partial charge in [0.05, 0.1) is 12.7 Å². The summed E-state index contributed by atoms with van der Waals surface area (Å²) in [5.74, 6) is 0. The summed E-state index contributed by atoms with van der Waals surface area (Å²) in [6.45, 7) is 2.27. The Kier molecular flexibility index (Phi) is 4.38. The predicted octanol–water partition coefficient (Wildman–Crippen LogP) is 0.752. The third kappa shape index (κ3) is 3.44. The van der Waals surface area contributed by atoms with E-state index in [1.54, 1.807) is 11.3 Å². The van der Waals surface area contributed by atoms with Crippen molar-refractivity contribution in [2.24, 2.45) is 0 Å². The van der Waals surface area contributed by atoms with E-state index >= 15 is 0 Å². The Morgan fingerprint density at radius 2 is 2.38 bits per heavy atom. The molecular formula is C9H15NO2S. The van der Waals surface area contributed by atoms with Crippen LogP contribution >= 0.6 is 11.3 Å². The molecule has 1 aromatic heterocycles. The molecule has 0 aliphatic carbocycles. The zero-order valence-corrected chi connectivity index (χ0v) is 8.42. The molecule has 0 aromatic carbocycles. The van der Waals surface area contributed by atoms with Crippen LogP contribution in [0.3, 0.4) is 0 Å². The molecule has 1 heterocycles. The molecule has 0 radical (unpaired) electrons. The van der Waals surface area contributed by atoms with Crippen molar-refractivity contribution in [1.29, 1.82) is 0 Å². The van der Waals surface area contributed by atoms with Gasteiger partial charge in [0.2, 0.25) is 0 Å². The van der Waals surface area contributed by atoms with Crippen LogP contribution in [0.15, 0.2) is 17.5 Å². The van der Waals surface area contributed by atoms with E-state index in [9.17, 15) is 0 Å². The van der Waals surface area contributed by atoms with Gasteiger partial charge in [0, 0.05) is 17.5 Å². The molecule has 1 unspecified atom stereocenters. The smallest absolute Gasteiger partial charge is 0.0895 e. The molecule has 74 valence electrons. The lowest BCUT2D eigenvalue weighted by atomic mass is 10.2. The first-order chi connectivity index (χ1) is 6.24. The van der Waals surface area contributed by atoms with Crippen molar-refractivity contribution >= 4 is 11.3 Å². The molecule has 0 spiro atoms. The van der Waals surface area contributed by atoms with Gasteiger partial charge in [-0.25, -0.2) is 0 Å². The average molecular weight is 201 g/mol. The minimum Gasteiger partial charge on any atom is -0.394 e. The normalized spacial score (nSPS) is 15.6. The summed E-state index contributed by atoms with van der Waals surface area (Å²) in [5.41, 5.74) is 0. The van der Waals surface area contributed by atoms with Gasteiger partial charge in [0.15, 0.2) is 0 Å². The molecule has 13 heavy (non-hydrogen) atoms. The van der Waals surface area contributed by atoms with Gasteiger partial charge >= 0.3 is 0 Å². The zero-order chi connectivity index (χ0) is 9.68. The van der Waals surface area contributed by atoms with Gasteiger partial charge in [0.25, 0.3) is 0 Å². The highest BCUT2D eigenvalue weighted by atomic mass is 32.1. The second-order valence-electron chi connectivity index (χ2n) is 2.98. The summed E-state index contributed by atoms with van der Waals surface area (Å²) in [6.07, 6.45) is -0.664. The molecule has 0 saturated carbocycles. The van der Waals surface area contributed by atoms with Crippen molar-refractivity contribution in [3.63, 3.8) is 0 Å². The maximum Gasteiger partial charge on any atom is 0.0895 e. The SMILES string of the molecule is CC(NC[C@H](O)CO)c1cccs1. The van der Waals surface area contributed by atoms with Crippen LogP contribution < -0.4 is 5.32 Å². The van der Waals surface area contributed by atoms with Gasteiger partial charge in [-0.1, -0.05) is 6.07 Å². The van der Waals surface area contributed by atoms with Crippen LogP contribution in [-0.4, -0.2) is 29.5 Å². The Bertz CT molecular complexity index is 226. The van der Waals surface area contributed by atoms with Crippen LogP contribution in [0.4, 0.5) is 0 Å². The van der Waals surface area contributed by atoms with E-state index < -0.39 is 6.10 Å². The number of nitrogens with one attached hydrogen (secondary N) is 1. The molecule has 1 aromatic rings. The van der Waals surface area contributed by atoms with Gasteiger partial charge in [0.1, 0.15) is 0 Å². The number of hydrogen-bond acceptors (Lipinski definition) is 4. The Balaban J connectivity index is 2.30. The van der Waals surface area contributed by atoms with Gasteiger partial charge < -0.3 is 15.5 Å². The van der Waals surface area contributed by atoms with E-state index in [2.05, 4.69) is 5.32 Å². The van der Waals surface area contributed by atoms with Gasteiger partial charge in [-0.2, -0.15) is 0 Å². The lowest BCUT2D eigenvalue weighted by Crippen LogP contribution is -2.30. The Labute approximate surface area is 82.0 Å². The molecule has 0 saturated heterocycles. The molecule has 3 nitrogen and oxygen atoms in total. The highest BCUT2D eigenvalue weighted by Crippen LogP contribution is 2.17. The molecule has 0 fully saturated rings. The highest BCUT2D eigenvalue weighted by Gasteiger charge is 2.07. The average Bonchev–Trinajstić information content (AvgIpc) is 2.66. The van der Waals surface area contributed by atoms with Crippen LogP contribution in [0.5, 0.6) is 0 Å². The third-order valence-corrected chi connectivity index (χ3v) is 2.90. The molecule has 1 rings (SSSR count). The molecule has 4 heteroatoms. The minimum atomic E-state index is -0.664. The largest absolute Gasteiger partial charge is 0.394 e. The highest BCUT2D eigenvalue weighted by molar-refractivity contribution is 7.10. The maximum absolute atomic E-state index is 9.10. The number of thiophene rings is 1. The maximum atomic E-state index is 9.10. The lowest BCUT2D eigenvalue weighted by Gasteiger charge is -2.14. The number of rotatable bonds is 5. The summed E-state index contributed by atoms with van der Waals surface area (Å²) < 4.78 is 0. The number of hydrogen-bond donors (Lipinski definition) is 3. The number of aliphatic hydroxyl groups excluding tert-OH is 2. The van der Waals surface area contributed by atoms with E-state index in [1.807, 2.05) is 24.4 Å². The van der Waals surface area contributed by atoms with Crippen molar-refractivity contribution in [1.82, 2.24) is 5.32 Å². The molecule has 0 amide bonds.